The number of likely N-dealkylation sites (N-methyl/N-ethyl adjacent to an activating group) is 1. The van der Waals surface area contributed by atoms with Gasteiger partial charge in [0.2, 0.25) is 0 Å². The lowest BCUT2D eigenvalue weighted by molar-refractivity contribution is -0.00787. The first-order valence-electron chi connectivity index (χ1n) is 8.26. The molecule has 2 aliphatic heterocycles. The second kappa shape index (κ2) is 5.98. The van der Waals surface area contributed by atoms with Gasteiger partial charge in [-0.25, -0.2) is 0 Å². The van der Waals surface area contributed by atoms with Crippen molar-refractivity contribution >= 4 is 0 Å². The summed E-state index contributed by atoms with van der Waals surface area (Å²) in [6.07, 6.45) is 4.90. The average molecular weight is 289 g/mol. The molecule has 0 amide bonds. The summed E-state index contributed by atoms with van der Waals surface area (Å²) in [5, 5.41) is 3.61. The van der Waals surface area contributed by atoms with Gasteiger partial charge in [0.15, 0.2) is 0 Å². The van der Waals surface area contributed by atoms with E-state index in [1.54, 1.807) is 0 Å². The largest absolute Gasteiger partial charge is 0.487 e. The Morgan fingerprint density at radius 2 is 2.19 bits per heavy atom. The molecule has 1 aromatic carbocycles. The van der Waals surface area contributed by atoms with Crippen molar-refractivity contribution in [3.8, 4) is 5.75 Å². The molecule has 2 atom stereocenters. The van der Waals surface area contributed by atoms with Crippen molar-refractivity contribution in [1.82, 2.24) is 5.32 Å². The van der Waals surface area contributed by atoms with Gasteiger partial charge in [-0.1, -0.05) is 19.1 Å². The standard InChI is InChI=1S/C18H27NO2/c1-4-19-17(16-7-5-6-10-20-16)13-8-9-15-14(11-13)12-18(2,3)21-15/h8-9,11,16-17,19H,4-7,10,12H2,1-3H3. The average Bonchev–Trinajstić information content (AvgIpc) is 2.78. The van der Waals surface area contributed by atoms with Crippen LogP contribution in [0.25, 0.3) is 0 Å². The molecule has 1 N–H and O–H groups in total. The van der Waals surface area contributed by atoms with Gasteiger partial charge in [0, 0.05) is 13.0 Å². The van der Waals surface area contributed by atoms with E-state index in [-0.39, 0.29) is 5.60 Å². The van der Waals surface area contributed by atoms with Crippen LogP contribution in [0.4, 0.5) is 0 Å². The van der Waals surface area contributed by atoms with Gasteiger partial charge in [-0.2, -0.15) is 0 Å². The molecule has 0 radical (unpaired) electrons. The minimum atomic E-state index is -0.0734. The van der Waals surface area contributed by atoms with E-state index in [2.05, 4.69) is 44.3 Å². The van der Waals surface area contributed by atoms with Gasteiger partial charge in [-0.05, 0) is 56.8 Å². The predicted octanol–water partition coefficient (Wildman–Crippen LogP) is 3.62. The second-order valence-corrected chi connectivity index (χ2v) is 6.85. The lowest BCUT2D eigenvalue weighted by atomic mass is 9.93. The van der Waals surface area contributed by atoms with Gasteiger partial charge in [0.25, 0.3) is 0 Å². The van der Waals surface area contributed by atoms with E-state index in [0.717, 1.165) is 31.7 Å². The zero-order valence-electron chi connectivity index (χ0n) is 13.4. The maximum atomic E-state index is 6.01. The van der Waals surface area contributed by atoms with Crippen molar-refractivity contribution in [3.05, 3.63) is 29.3 Å². The Morgan fingerprint density at radius 1 is 1.33 bits per heavy atom. The normalized spacial score (nSPS) is 25.2. The molecule has 21 heavy (non-hydrogen) atoms. The number of ether oxygens (including phenoxy) is 2. The summed E-state index contributed by atoms with van der Waals surface area (Å²) in [6.45, 7) is 8.32. The Bertz CT molecular complexity index is 492. The molecule has 2 aliphatic rings. The highest BCUT2D eigenvalue weighted by Crippen LogP contribution is 2.37. The lowest BCUT2D eigenvalue weighted by Crippen LogP contribution is -2.36. The number of hydrogen-bond acceptors (Lipinski definition) is 3. The van der Waals surface area contributed by atoms with Crippen molar-refractivity contribution in [1.29, 1.82) is 0 Å². The molecule has 116 valence electrons. The molecule has 2 unspecified atom stereocenters. The molecule has 0 bridgehead atoms. The van der Waals surface area contributed by atoms with Gasteiger partial charge >= 0.3 is 0 Å². The first-order chi connectivity index (χ1) is 10.1. The molecule has 0 aromatic heterocycles. The zero-order chi connectivity index (χ0) is 14.9. The van der Waals surface area contributed by atoms with Gasteiger partial charge in [0.05, 0.1) is 12.1 Å². The van der Waals surface area contributed by atoms with Crippen molar-refractivity contribution in [2.24, 2.45) is 0 Å². The van der Waals surface area contributed by atoms with Crippen molar-refractivity contribution < 1.29 is 9.47 Å². The van der Waals surface area contributed by atoms with Crippen LogP contribution < -0.4 is 10.1 Å². The summed E-state index contributed by atoms with van der Waals surface area (Å²) in [5.74, 6) is 1.04. The minimum Gasteiger partial charge on any atom is -0.487 e. The Labute approximate surface area is 128 Å². The van der Waals surface area contributed by atoms with Crippen molar-refractivity contribution in [3.63, 3.8) is 0 Å². The van der Waals surface area contributed by atoms with Crippen LogP contribution in [0.1, 0.15) is 57.2 Å². The summed E-state index contributed by atoms with van der Waals surface area (Å²) in [5.41, 5.74) is 2.59. The third-order valence-corrected chi connectivity index (χ3v) is 4.46. The fraction of sp³-hybridized carbons (Fsp3) is 0.667. The van der Waals surface area contributed by atoms with E-state index in [0.29, 0.717) is 12.1 Å². The Balaban J connectivity index is 1.83. The van der Waals surface area contributed by atoms with Gasteiger partial charge in [-0.15, -0.1) is 0 Å². The van der Waals surface area contributed by atoms with E-state index in [1.165, 1.54) is 24.0 Å². The smallest absolute Gasteiger partial charge is 0.123 e. The Morgan fingerprint density at radius 3 is 2.90 bits per heavy atom. The van der Waals surface area contributed by atoms with E-state index in [1.807, 2.05) is 0 Å². The molecule has 1 aromatic rings. The first-order valence-corrected chi connectivity index (χ1v) is 8.26. The van der Waals surface area contributed by atoms with E-state index in [9.17, 15) is 0 Å². The first kappa shape index (κ1) is 14.9. The monoisotopic (exact) mass is 289 g/mol. The molecule has 3 rings (SSSR count). The maximum Gasteiger partial charge on any atom is 0.123 e. The third-order valence-electron chi connectivity index (χ3n) is 4.46. The number of hydrogen-bond donors (Lipinski definition) is 1. The van der Waals surface area contributed by atoms with Crippen LogP contribution in [0.2, 0.25) is 0 Å². The topological polar surface area (TPSA) is 30.5 Å². The quantitative estimate of drug-likeness (QED) is 0.918. The van der Waals surface area contributed by atoms with Crippen LogP contribution in [0.15, 0.2) is 18.2 Å². The van der Waals surface area contributed by atoms with E-state index in [4.69, 9.17) is 9.47 Å². The molecule has 1 fully saturated rings. The molecule has 3 heteroatoms. The predicted molar refractivity (Wildman–Crippen MR) is 84.9 cm³/mol. The van der Waals surface area contributed by atoms with Crippen LogP contribution in [-0.4, -0.2) is 24.9 Å². The fourth-order valence-electron chi connectivity index (χ4n) is 3.54. The molecule has 2 heterocycles. The third kappa shape index (κ3) is 3.24. The van der Waals surface area contributed by atoms with Crippen LogP contribution in [-0.2, 0) is 11.2 Å². The Hall–Kier alpha value is -1.06. The van der Waals surface area contributed by atoms with Gasteiger partial charge in [0.1, 0.15) is 11.4 Å². The fourth-order valence-corrected chi connectivity index (χ4v) is 3.54. The maximum absolute atomic E-state index is 6.01. The summed E-state index contributed by atoms with van der Waals surface area (Å²) in [7, 11) is 0. The molecule has 0 aliphatic carbocycles. The van der Waals surface area contributed by atoms with E-state index >= 15 is 0 Å². The molecule has 0 saturated carbocycles. The highest BCUT2D eigenvalue weighted by Gasteiger charge is 2.32. The summed E-state index contributed by atoms with van der Waals surface area (Å²) >= 11 is 0. The van der Waals surface area contributed by atoms with Crippen LogP contribution >= 0.6 is 0 Å². The SMILES string of the molecule is CCNC(c1ccc2c(c1)CC(C)(C)O2)C1CCCCO1. The number of benzene rings is 1. The summed E-state index contributed by atoms with van der Waals surface area (Å²) in [6, 6.07) is 6.94. The molecule has 1 saturated heterocycles. The second-order valence-electron chi connectivity index (χ2n) is 6.85. The highest BCUT2D eigenvalue weighted by molar-refractivity contribution is 5.43. The summed E-state index contributed by atoms with van der Waals surface area (Å²) in [4.78, 5) is 0. The van der Waals surface area contributed by atoms with Crippen LogP contribution in [0.3, 0.4) is 0 Å². The summed E-state index contributed by atoms with van der Waals surface area (Å²) < 4.78 is 12.0. The lowest BCUT2D eigenvalue weighted by Gasteiger charge is -2.31. The van der Waals surface area contributed by atoms with Crippen molar-refractivity contribution in [2.45, 2.75) is 64.2 Å². The van der Waals surface area contributed by atoms with Crippen molar-refractivity contribution in [2.75, 3.05) is 13.2 Å². The number of rotatable bonds is 4. The van der Waals surface area contributed by atoms with Crippen LogP contribution in [0.5, 0.6) is 5.75 Å². The molecule has 3 nitrogen and oxygen atoms in total. The minimum absolute atomic E-state index is 0.0734. The number of nitrogens with one attached hydrogen (secondary N) is 1. The molecular weight excluding hydrogens is 262 g/mol. The zero-order valence-corrected chi connectivity index (χ0v) is 13.4. The van der Waals surface area contributed by atoms with E-state index < -0.39 is 0 Å². The molecule has 0 spiro atoms. The number of fused-ring (bicyclic) bond motifs is 1. The van der Waals surface area contributed by atoms with Crippen LogP contribution in [0, 0.1) is 0 Å². The van der Waals surface area contributed by atoms with Gasteiger partial charge in [-0.3, -0.25) is 0 Å². The van der Waals surface area contributed by atoms with Gasteiger partial charge < -0.3 is 14.8 Å². The molecular formula is C18H27NO2. The Kier molecular flexibility index (Phi) is 4.23. The highest BCUT2D eigenvalue weighted by atomic mass is 16.5.